The molecule has 21 heavy (non-hydrogen) atoms. The van der Waals surface area contributed by atoms with Gasteiger partial charge >= 0.3 is 0 Å². The Morgan fingerprint density at radius 3 is 2.71 bits per heavy atom. The number of pyridine rings is 2. The van der Waals surface area contributed by atoms with Crippen LogP contribution in [0.5, 0.6) is 0 Å². The standard InChI is InChI=1S/C13H13N5O3/c1-14-12-11(6-10(8-16-12)18(20)21)13(19)17-7-9-2-4-15-5-3-9/h2-6,8H,7H2,1H3,(H,14,16)(H,17,19). The van der Waals surface area contributed by atoms with Gasteiger partial charge < -0.3 is 10.6 Å². The van der Waals surface area contributed by atoms with Gasteiger partial charge in [-0.15, -0.1) is 0 Å². The minimum Gasteiger partial charge on any atom is -0.372 e. The van der Waals surface area contributed by atoms with Crippen molar-refractivity contribution in [2.75, 3.05) is 12.4 Å². The zero-order valence-electron chi connectivity index (χ0n) is 11.2. The van der Waals surface area contributed by atoms with E-state index < -0.39 is 10.8 Å². The van der Waals surface area contributed by atoms with Crippen molar-refractivity contribution in [1.82, 2.24) is 15.3 Å². The summed E-state index contributed by atoms with van der Waals surface area (Å²) < 4.78 is 0. The molecule has 2 aromatic heterocycles. The Balaban J connectivity index is 2.17. The van der Waals surface area contributed by atoms with E-state index in [4.69, 9.17) is 0 Å². The van der Waals surface area contributed by atoms with Crippen LogP contribution in [0, 0.1) is 10.1 Å². The summed E-state index contributed by atoms with van der Waals surface area (Å²) in [7, 11) is 1.59. The predicted octanol–water partition coefficient (Wildman–Crippen LogP) is 1.36. The van der Waals surface area contributed by atoms with Crippen LogP contribution in [-0.2, 0) is 6.54 Å². The van der Waals surface area contributed by atoms with E-state index in [1.54, 1.807) is 31.6 Å². The average molecular weight is 287 g/mol. The normalized spacial score (nSPS) is 9.95. The van der Waals surface area contributed by atoms with E-state index >= 15 is 0 Å². The van der Waals surface area contributed by atoms with Crippen LogP contribution in [-0.4, -0.2) is 27.8 Å². The lowest BCUT2D eigenvalue weighted by molar-refractivity contribution is -0.385. The smallest absolute Gasteiger partial charge is 0.288 e. The number of anilines is 1. The van der Waals surface area contributed by atoms with E-state index in [1.165, 1.54) is 6.07 Å². The first-order chi connectivity index (χ1) is 10.1. The Labute approximate surface area is 120 Å². The van der Waals surface area contributed by atoms with Gasteiger partial charge in [-0.2, -0.15) is 0 Å². The zero-order valence-corrected chi connectivity index (χ0v) is 11.2. The molecule has 108 valence electrons. The first-order valence-corrected chi connectivity index (χ1v) is 6.11. The summed E-state index contributed by atoms with van der Waals surface area (Å²) in [4.78, 5) is 30.1. The molecule has 8 nitrogen and oxygen atoms in total. The van der Waals surface area contributed by atoms with Crippen LogP contribution in [0.3, 0.4) is 0 Å². The Bertz CT molecular complexity index is 660. The summed E-state index contributed by atoms with van der Waals surface area (Å²) in [5.74, 6) is -0.153. The molecule has 0 aliphatic heterocycles. The average Bonchev–Trinajstić information content (AvgIpc) is 2.52. The van der Waals surface area contributed by atoms with Crippen molar-refractivity contribution in [1.29, 1.82) is 0 Å². The molecule has 0 aromatic carbocycles. The van der Waals surface area contributed by atoms with Crippen molar-refractivity contribution in [3.8, 4) is 0 Å². The predicted molar refractivity (Wildman–Crippen MR) is 75.8 cm³/mol. The van der Waals surface area contributed by atoms with Crippen LogP contribution in [0.2, 0.25) is 0 Å². The monoisotopic (exact) mass is 287 g/mol. The quantitative estimate of drug-likeness (QED) is 0.634. The summed E-state index contributed by atoms with van der Waals surface area (Å²) in [5.41, 5.74) is 0.770. The molecule has 0 aliphatic rings. The lowest BCUT2D eigenvalue weighted by Crippen LogP contribution is -2.24. The first kappa shape index (κ1) is 14.4. The van der Waals surface area contributed by atoms with E-state index in [-0.39, 0.29) is 17.1 Å². The molecule has 2 rings (SSSR count). The summed E-state index contributed by atoms with van der Waals surface area (Å²) in [6.07, 6.45) is 4.34. The molecule has 0 saturated heterocycles. The Hall–Kier alpha value is -3.03. The van der Waals surface area contributed by atoms with Crippen molar-refractivity contribution < 1.29 is 9.72 Å². The maximum Gasteiger partial charge on any atom is 0.288 e. The van der Waals surface area contributed by atoms with Crippen molar-refractivity contribution in [2.45, 2.75) is 6.54 Å². The number of nitrogens with one attached hydrogen (secondary N) is 2. The molecular formula is C13H13N5O3. The number of amides is 1. The molecule has 0 bridgehead atoms. The molecule has 0 unspecified atom stereocenters. The van der Waals surface area contributed by atoms with E-state index in [0.717, 1.165) is 11.8 Å². The Morgan fingerprint density at radius 2 is 2.10 bits per heavy atom. The fourth-order valence-electron chi connectivity index (χ4n) is 1.70. The van der Waals surface area contributed by atoms with Crippen molar-refractivity contribution in [3.63, 3.8) is 0 Å². The highest BCUT2D eigenvalue weighted by Crippen LogP contribution is 2.18. The van der Waals surface area contributed by atoms with Crippen LogP contribution in [0.15, 0.2) is 36.8 Å². The third-order valence-corrected chi connectivity index (χ3v) is 2.77. The van der Waals surface area contributed by atoms with Gasteiger partial charge in [0.25, 0.3) is 11.6 Å². The highest BCUT2D eigenvalue weighted by Gasteiger charge is 2.17. The third-order valence-electron chi connectivity index (χ3n) is 2.77. The lowest BCUT2D eigenvalue weighted by atomic mass is 10.2. The molecule has 1 amide bonds. The minimum atomic E-state index is -0.591. The first-order valence-electron chi connectivity index (χ1n) is 6.11. The second-order valence-electron chi connectivity index (χ2n) is 4.13. The second-order valence-corrected chi connectivity index (χ2v) is 4.13. The summed E-state index contributed by atoms with van der Waals surface area (Å²) >= 11 is 0. The SMILES string of the molecule is CNc1ncc([N+](=O)[O-])cc1C(=O)NCc1ccncc1. The molecule has 0 saturated carbocycles. The molecule has 0 atom stereocenters. The van der Waals surface area contributed by atoms with Crippen molar-refractivity contribution in [3.05, 3.63) is 58.0 Å². The van der Waals surface area contributed by atoms with Gasteiger partial charge in [0, 0.05) is 32.1 Å². The number of carbonyl (C=O) groups excluding carboxylic acids is 1. The topological polar surface area (TPSA) is 110 Å². The van der Waals surface area contributed by atoms with Crippen molar-refractivity contribution in [2.24, 2.45) is 0 Å². The second kappa shape index (κ2) is 6.42. The van der Waals surface area contributed by atoms with Gasteiger partial charge in [-0.3, -0.25) is 19.9 Å². The number of carbonyl (C=O) groups is 1. The third kappa shape index (κ3) is 3.50. The number of nitrogens with zero attached hydrogens (tertiary/aromatic N) is 3. The highest BCUT2D eigenvalue weighted by molar-refractivity contribution is 5.99. The largest absolute Gasteiger partial charge is 0.372 e. The Kier molecular flexibility index (Phi) is 4.39. The maximum atomic E-state index is 12.1. The molecule has 0 spiro atoms. The molecule has 2 aromatic rings. The number of rotatable bonds is 5. The van der Waals surface area contributed by atoms with Crippen LogP contribution < -0.4 is 10.6 Å². The van der Waals surface area contributed by atoms with Gasteiger partial charge in [0.15, 0.2) is 0 Å². The van der Waals surface area contributed by atoms with E-state index in [0.29, 0.717) is 6.54 Å². The summed E-state index contributed by atoms with van der Waals surface area (Å²) in [5, 5.41) is 16.2. The fraction of sp³-hybridized carbons (Fsp3) is 0.154. The van der Waals surface area contributed by atoms with Gasteiger partial charge in [-0.05, 0) is 17.7 Å². The molecule has 2 heterocycles. The molecule has 0 fully saturated rings. The van der Waals surface area contributed by atoms with Crippen LogP contribution in [0.4, 0.5) is 11.5 Å². The zero-order chi connectivity index (χ0) is 15.2. The highest BCUT2D eigenvalue weighted by atomic mass is 16.6. The van der Waals surface area contributed by atoms with E-state index in [2.05, 4.69) is 20.6 Å². The minimum absolute atomic E-state index is 0.126. The van der Waals surface area contributed by atoms with Crippen LogP contribution in [0.1, 0.15) is 15.9 Å². The van der Waals surface area contributed by atoms with Crippen LogP contribution in [0.25, 0.3) is 0 Å². The van der Waals surface area contributed by atoms with E-state index in [1.807, 2.05) is 0 Å². The molecule has 0 aliphatic carbocycles. The number of nitro groups is 1. The van der Waals surface area contributed by atoms with Gasteiger partial charge in [-0.1, -0.05) is 0 Å². The number of hydrogen-bond acceptors (Lipinski definition) is 6. The molecule has 2 N–H and O–H groups in total. The Morgan fingerprint density at radius 1 is 1.38 bits per heavy atom. The number of aromatic nitrogens is 2. The summed E-state index contributed by atoms with van der Waals surface area (Å²) in [6, 6.07) is 4.73. The summed E-state index contributed by atoms with van der Waals surface area (Å²) in [6.45, 7) is 0.299. The van der Waals surface area contributed by atoms with Gasteiger partial charge in [0.1, 0.15) is 12.0 Å². The number of hydrogen-bond donors (Lipinski definition) is 2. The lowest BCUT2D eigenvalue weighted by Gasteiger charge is -2.08. The van der Waals surface area contributed by atoms with Gasteiger partial charge in [-0.25, -0.2) is 4.98 Å². The van der Waals surface area contributed by atoms with Gasteiger partial charge in [0.05, 0.1) is 10.5 Å². The van der Waals surface area contributed by atoms with Crippen molar-refractivity contribution >= 4 is 17.4 Å². The maximum absolute atomic E-state index is 12.1. The van der Waals surface area contributed by atoms with E-state index in [9.17, 15) is 14.9 Å². The molecule has 0 radical (unpaired) electrons. The molecular weight excluding hydrogens is 274 g/mol. The van der Waals surface area contributed by atoms with Crippen LogP contribution >= 0.6 is 0 Å². The fourth-order valence-corrected chi connectivity index (χ4v) is 1.70. The molecule has 8 heteroatoms. The van der Waals surface area contributed by atoms with Gasteiger partial charge in [0.2, 0.25) is 0 Å².